The van der Waals surface area contributed by atoms with Crippen LogP contribution in [0.1, 0.15) is 5.56 Å². The third-order valence-electron chi connectivity index (χ3n) is 3.60. The Balaban J connectivity index is 1.43. The van der Waals surface area contributed by atoms with Gasteiger partial charge in [0.2, 0.25) is 5.91 Å². The van der Waals surface area contributed by atoms with Crippen LogP contribution in [0.3, 0.4) is 0 Å². The number of benzene rings is 2. The standard InChI is InChI=1S/C19H20N4OS2/c1-15-7-9-16(10-8-15)23-14-21-22-19(23)26-13-18(24)20-11-12-25-17-5-3-2-4-6-17/h2-10,14H,11-13H2,1H3,(H,20,24). The van der Waals surface area contributed by atoms with Crippen LogP contribution in [-0.2, 0) is 4.79 Å². The van der Waals surface area contributed by atoms with Crippen LogP contribution in [-0.4, -0.2) is 38.7 Å². The molecule has 0 spiro atoms. The van der Waals surface area contributed by atoms with Gasteiger partial charge in [0.15, 0.2) is 5.16 Å². The summed E-state index contributed by atoms with van der Waals surface area (Å²) in [5.74, 6) is 1.17. The van der Waals surface area contributed by atoms with E-state index in [9.17, 15) is 4.79 Å². The molecular weight excluding hydrogens is 364 g/mol. The average Bonchev–Trinajstić information content (AvgIpc) is 3.14. The molecule has 3 rings (SSSR count). The van der Waals surface area contributed by atoms with Gasteiger partial charge >= 0.3 is 0 Å². The van der Waals surface area contributed by atoms with Crippen molar-refractivity contribution in [3.8, 4) is 5.69 Å². The molecule has 26 heavy (non-hydrogen) atoms. The van der Waals surface area contributed by atoms with Gasteiger partial charge in [0, 0.05) is 22.9 Å². The molecule has 0 unspecified atom stereocenters. The molecule has 0 fully saturated rings. The van der Waals surface area contributed by atoms with Crippen molar-refractivity contribution in [2.75, 3.05) is 18.1 Å². The van der Waals surface area contributed by atoms with Gasteiger partial charge in [-0.3, -0.25) is 9.36 Å². The Hall–Kier alpha value is -2.25. The van der Waals surface area contributed by atoms with Crippen molar-refractivity contribution in [1.29, 1.82) is 0 Å². The normalized spacial score (nSPS) is 10.7. The summed E-state index contributed by atoms with van der Waals surface area (Å²) in [6, 6.07) is 18.3. The fraction of sp³-hybridized carbons (Fsp3) is 0.211. The molecule has 0 aliphatic rings. The molecule has 0 radical (unpaired) electrons. The van der Waals surface area contributed by atoms with Gasteiger partial charge in [0.05, 0.1) is 5.75 Å². The maximum absolute atomic E-state index is 12.0. The van der Waals surface area contributed by atoms with Crippen LogP contribution in [0.4, 0.5) is 0 Å². The topological polar surface area (TPSA) is 59.8 Å². The van der Waals surface area contributed by atoms with Gasteiger partial charge in [-0.05, 0) is 31.2 Å². The lowest BCUT2D eigenvalue weighted by Crippen LogP contribution is -2.27. The average molecular weight is 385 g/mol. The smallest absolute Gasteiger partial charge is 0.230 e. The maximum atomic E-state index is 12.0. The minimum atomic E-state index is 0.00196. The molecule has 0 bridgehead atoms. The number of hydrogen-bond acceptors (Lipinski definition) is 5. The third kappa shape index (κ3) is 5.37. The van der Waals surface area contributed by atoms with Gasteiger partial charge in [-0.1, -0.05) is 47.7 Å². The van der Waals surface area contributed by atoms with Gasteiger partial charge < -0.3 is 5.32 Å². The Kier molecular flexibility index (Phi) is 6.74. The Labute approximate surface area is 161 Å². The van der Waals surface area contributed by atoms with Crippen LogP contribution < -0.4 is 5.32 Å². The van der Waals surface area contributed by atoms with Crippen molar-refractivity contribution in [1.82, 2.24) is 20.1 Å². The first-order valence-electron chi connectivity index (χ1n) is 8.27. The highest BCUT2D eigenvalue weighted by Gasteiger charge is 2.10. The van der Waals surface area contributed by atoms with E-state index in [1.807, 2.05) is 54.0 Å². The highest BCUT2D eigenvalue weighted by atomic mass is 32.2. The lowest BCUT2D eigenvalue weighted by atomic mass is 10.2. The molecule has 1 heterocycles. The summed E-state index contributed by atoms with van der Waals surface area (Å²) < 4.78 is 1.89. The van der Waals surface area contributed by atoms with Crippen LogP contribution in [0.15, 0.2) is 71.0 Å². The van der Waals surface area contributed by atoms with Crippen LogP contribution >= 0.6 is 23.5 Å². The van der Waals surface area contributed by atoms with Gasteiger partial charge in [0.1, 0.15) is 6.33 Å². The van der Waals surface area contributed by atoms with E-state index in [2.05, 4.69) is 27.6 Å². The summed E-state index contributed by atoms with van der Waals surface area (Å²) in [6.07, 6.45) is 1.67. The van der Waals surface area contributed by atoms with Crippen molar-refractivity contribution in [2.24, 2.45) is 0 Å². The van der Waals surface area contributed by atoms with Crippen molar-refractivity contribution >= 4 is 29.4 Å². The van der Waals surface area contributed by atoms with Crippen LogP contribution in [0, 0.1) is 6.92 Å². The predicted molar refractivity (Wildman–Crippen MR) is 107 cm³/mol. The van der Waals surface area contributed by atoms with E-state index in [0.29, 0.717) is 17.5 Å². The predicted octanol–water partition coefficient (Wildman–Crippen LogP) is 3.58. The number of thioether (sulfide) groups is 2. The van der Waals surface area contributed by atoms with Crippen molar-refractivity contribution in [3.63, 3.8) is 0 Å². The van der Waals surface area contributed by atoms with Gasteiger partial charge in [-0.15, -0.1) is 22.0 Å². The molecule has 0 saturated carbocycles. The fourth-order valence-corrected chi connectivity index (χ4v) is 3.81. The summed E-state index contributed by atoms with van der Waals surface area (Å²) in [6.45, 7) is 2.69. The second-order valence-corrected chi connectivity index (χ2v) is 7.73. The molecule has 0 aliphatic heterocycles. The largest absolute Gasteiger partial charge is 0.355 e. The number of carbonyl (C=O) groups is 1. The zero-order chi connectivity index (χ0) is 18.2. The summed E-state index contributed by atoms with van der Waals surface area (Å²) in [5, 5.41) is 11.7. The number of rotatable bonds is 8. The van der Waals surface area contributed by atoms with E-state index in [1.54, 1.807) is 18.1 Å². The third-order valence-corrected chi connectivity index (χ3v) is 5.55. The van der Waals surface area contributed by atoms with E-state index in [-0.39, 0.29) is 5.91 Å². The van der Waals surface area contributed by atoms with Crippen LogP contribution in [0.25, 0.3) is 5.69 Å². The van der Waals surface area contributed by atoms with E-state index >= 15 is 0 Å². The van der Waals surface area contributed by atoms with E-state index in [0.717, 1.165) is 11.4 Å². The Morgan fingerprint density at radius 2 is 1.85 bits per heavy atom. The lowest BCUT2D eigenvalue weighted by Gasteiger charge is -2.07. The zero-order valence-corrected chi connectivity index (χ0v) is 16.1. The molecular formula is C19H20N4OS2. The van der Waals surface area contributed by atoms with Gasteiger partial charge in [0.25, 0.3) is 0 Å². The number of amides is 1. The lowest BCUT2D eigenvalue weighted by molar-refractivity contribution is -0.118. The summed E-state index contributed by atoms with van der Waals surface area (Å²) in [7, 11) is 0. The van der Waals surface area contributed by atoms with Gasteiger partial charge in [-0.25, -0.2) is 0 Å². The van der Waals surface area contributed by atoms with E-state index in [4.69, 9.17) is 0 Å². The van der Waals surface area contributed by atoms with E-state index < -0.39 is 0 Å². The maximum Gasteiger partial charge on any atom is 0.230 e. The molecule has 0 saturated heterocycles. The molecule has 5 nitrogen and oxygen atoms in total. The summed E-state index contributed by atoms with van der Waals surface area (Å²) in [5.41, 5.74) is 2.19. The SMILES string of the molecule is Cc1ccc(-n2cnnc2SCC(=O)NCCSc2ccccc2)cc1. The summed E-state index contributed by atoms with van der Waals surface area (Å²) in [4.78, 5) is 13.3. The molecule has 0 aliphatic carbocycles. The molecule has 3 aromatic rings. The number of aromatic nitrogens is 3. The minimum Gasteiger partial charge on any atom is -0.355 e. The molecule has 1 N–H and O–H groups in total. The second-order valence-electron chi connectivity index (χ2n) is 5.62. The molecule has 0 atom stereocenters. The number of aryl methyl sites for hydroxylation is 1. The number of nitrogens with zero attached hydrogens (tertiary/aromatic N) is 3. The molecule has 2 aromatic carbocycles. The summed E-state index contributed by atoms with van der Waals surface area (Å²) >= 11 is 3.12. The highest BCUT2D eigenvalue weighted by Crippen LogP contribution is 2.20. The quantitative estimate of drug-likeness (QED) is 0.475. The van der Waals surface area contributed by atoms with Gasteiger partial charge in [-0.2, -0.15) is 0 Å². The Bertz CT molecular complexity index is 834. The monoisotopic (exact) mass is 384 g/mol. The van der Waals surface area contributed by atoms with Crippen LogP contribution in [0.2, 0.25) is 0 Å². The van der Waals surface area contributed by atoms with E-state index in [1.165, 1.54) is 22.2 Å². The minimum absolute atomic E-state index is 0.00196. The first kappa shape index (κ1) is 18.5. The van der Waals surface area contributed by atoms with Crippen molar-refractivity contribution < 1.29 is 4.79 Å². The zero-order valence-electron chi connectivity index (χ0n) is 14.5. The first-order chi connectivity index (χ1) is 12.7. The molecule has 1 aromatic heterocycles. The molecule has 1 amide bonds. The highest BCUT2D eigenvalue weighted by molar-refractivity contribution is 7.99. The first-order valence-corrected chi connectivity index (χ1v) is 10.2. The molecule has 134 valence electrons. The second kappa shape index (κ2) is 9.45. The number of nitrogens with one attached hydrogen (secondary N) is 1. The Morgan fingerprint density at radius 1 is 1.08 bits per heavy atom. The fourth-order valence-electron chi connectivity index (χ4n) is 2.26. The van der Waals surface area contributed by atoms with Crippen molar-refractivity contribution in [3.05, 3.63) is 66.5 Å². The molecule has 7 heteroatoms. The van der Waals surface area contributed by atoms with Crippen molar-refractivity contribution in [2.45, 2.75) is 17.0 Å². The number of carbonyl (C=O) groups excluding carboxylic acids is 1. The number of hydrogen-bond donors (Lipinski definition) is 1. The van der Waals surface area contributed by atoms with Crippen LogP contribution in [0.5, 0.6) is 0 Å². The Morgan fingerprint density at radius 3 is 2.62 bits per heavy atom.